The molecule has 0 atom stereocenters. The van der Waals surface area contributed by atoms with E-state index < -0.39 is 0 Å². The van der Waals surface area contributed by atoms with Crippen molar-refractivity contribution >= 4 is 22.2 Å². The minimum Gasteiger partial charge on any atom is -0.355 e. The fourth-order valence-electron chi connectivity index (χ4n) is 1.18. The van der Waals surface area contributed by atoms with Crippen LogP contribution in [0.5, 0.6) is 0 Å². The molecule has 0 radical (unpaired) electrons. The standard InChI is InChI=1S/C10H11NOS/c1-7(2)8-6-9(12-11-8)10-4-3-5-13-10/h4,6H,1,3,5H2,2H3. The molecule has 0 fully saturated rings. The lowest BCUT2D eigenvalue weighted by Crippen LogP contribution is -1.73. The minimum atomic E-state index is 0.850. The van der Waals surface area contributed by atoms with Crippen LogP contribution in [0.3, 0.4) is 0 Å². The monoisotopic (exact) mass is 193 g/mol. The second-order valence-electron chi connectivity index (χ2n) is 3.06. The van der Waals surface area contributed by atoms with Crippen molar-refractivity contribution in [3.63, 3.8) is 0 Å². The van der Waals surface area contributed by atoms with E-state index in [2.05, 4.69) is 17.8 Å². The van der Waals surface area contributed by atoms with E-state index in [9.17, 15) is 0 Å². The normalized spacial score (nSPS) is 15.9. The summed E-state index contributed by atoms with van der Waals surface area (Å²) in [6, 6.07) is 1.95. The van der Waals surface area contributed by atoms with E-state index in [0.29, 0.717) is 0 Å². The van der Waals surface area contributed by atoms with Crippen molar-refractivity contribution < 1.29 is 4.52 Å². The molecule has 0 aliphatic carbocycles. The molecule has 0 unspecified atom stereocenters. The molecule has 2 nitrogen and oxygen atoms in total. The third-order valence-electron chi connectivity index (χ3n) is 1.90. The van der Waals surface area contributed by atoms with Gasteiger partial charge in [-0.05, 0) is 18.9 Å². The molecule has 13 heavy (non-hydrogen) atoms. The van der Waals surface area contributed by atoms with Gasteiger partial charge in [0, 0.05) is 16.7 Å². The number of aromatic nitrogens is 1. The van der Waals surface area contributed by atoms with Crippen LogP contribution in [0.2, 0.25) is 0 Å². The summed E-state index contributed by atoms with van der Waals surface area (Å²) in [7, 11) is 0. The molecule has 1 aliphatic rings. The average molecular weight is 193 g/mol. The Bertz CT molecular complexity index is 365. The van der Waals surface area contributed by atoms with Crippen LogP contribution in [-0.4, -0.2) is 10.9 Å². The Morgan fingerprint density at radius 2 is 2.54 bits per heavy atom. The highest BCUT2D eigenvalue weighted by Gasteiger charge is 2.13. The third kappa shape index (κ3) is 1.70. The van der Waals surface area contributed by atoms with Gasteiger partial charge >= 0.3 is 0 Å². The first-order chi connectivity index (χ1) is 6.27. The van der Waals surface area contributed by atoms with Crippen molar-refractivity contribution in [2.45, 2.75) is 13.3 Å². The predicted molar refractivity (Wildman–Crippen MR) is 56.3 cm³/mol. The zero-order valence-electron chi connectivity index (χ0n) is 7.54. The maximum Gasteiger partial charge on any atom is 0.173 e. The third-order valence-corrected chi connectivity index (χ3v) is 3.01. The molecular formula is C10H11NOS. The highest BCUT2D eigenvalue weighted by molar-refractivity contribution is 8.08. The molecule has 0 N–H and O–H groups in total. The van der Waals surface area contributed by atoms with E-state index >= 15 is 0 Å². The summed E-state index contributed by atoms with van der Waals surface area (Å²) in [6.07, 6.45) is 3.32. The molecule has 1 aromatic rings. The van der Waals surface area contributed by atoms with E-state index in [-0.39, 0.29) is 0 Å². The number of rotatable bonds is 2. The van der Waals surface area contributed by atoms with Crippen LogP contribution in [0.15, 0.2) is 23.2 Å². The zero-order valence-corrected chi connectivity index (χ0v) is 8.36. The summed E-state index contributed by atoms with van der Waals surface area (Å²) in [5.74, 6) is 2.03. The SMILES string of the molecule is C=C(C)c1cc(C2=CCCS2)on1. The Morgan fingerprint density at radius 3 is 3.08 bits per heavy atom. The molecule has 2 heterocycles. The molecular weight excluding hydrogens is 182 g/mol. The van der Waals surface area contributed by atoms with Crippen LogP contribution >= 0.6 is 11.8 Å². The Kier molecular flexibility index (Phi) is 2.27. The van der Waals surface area contributed by atoms with Gasteiger partial charge in [-0.15, -0.1) is 11.8 Å². The van der Waals surface area contributed by atoms with Gasteiger partial charge in [-0.2, -0.15) is 0 Å². The summed E-state index contributed by atoms with van der Waals surface area (Å²) in [4.78, 5) is 1.21. The summed E-state index contributed by atoms with van der Waals surface area (Å²) in [5.41, 5.74) is 1.79. The first-order valence-corrected chi connectivity index (χ1v) is 5.22. The minimum absolute atomic E-state index is 0.850. The van der Waals surface area contributed by atoms with Crippen molar-refractivity contribution in [3.8, 4) is 0 Å². The van der Waals surface area contributed by atoms with Gasteiger partial charge in [0.05, 0.1) is 0 Å². The van der Waals surface area contributed by atoms with Crippen LogP contribution in [0, 0.1) is 0 Å². The molecule has 0 saturated carbocycles. The molecule has 2 rings (SSSR count). The van der Waals surface area contributed by atoms with Crippen LogP contribution < -0.4 is 0 Å². The summed E-state index contributed by atoms with van der Waals surface area (Å²) >= 11 is 1.82. The van der Waals surface area contributed by atoms with Gasteiger partial charge in [0.1, 0.15) is 5.69 Å². The molecule has 1 aliphatic heterocycles. The maximum absolute atomic E-state index is 5.21. The fourth-order valence-corrected chi connectivity index (χ4v) is 2.11. The molecule has 0 amide bonds. The number of nitrogens with zero attached hydrogens (tertiary/aromatic N) is 1. The fraction of sp³-hybridized carbons (Fsp3) is 0.300. The average Bonchev–Trinajstić information content (AvgIpc) is 2.75. The number of allylic oxidation sites excluding steroid dienone is 2. The van der Waals surface area contributed by atoms with Gasteiger partial charge in [0.15, 0.2) is 5.76 Å². The Balaban J connectivity index is 2.27. The van der Waals surface area contributed by atoms with Gasteiger partial charge in [0.25, 0.3) is 0 Å². The number of thioether (sulfide) groups is 1. The molecule has 0 saturated heterocycles. The van der Waals surface area contributed by atoms with Gasteiger partial charge < -0.3 is 4.52 Å². The second-order valence-corrected chi connectivity index (χ2v) is 4.20. The molecule has 1 aromatic heterocycles. The Labute approximate surface area is 81.7 Å². The maximum atomic E-state index is 5.21. The van der Waals surface area contributed by atoms with Crippen molar-refractivity contribution in [2.75, 3.05) is 5.75 Å². The summed E-state index contributed by atoms with van der Waals surface area (Å²) < 4.78 is 5.21. The first kappa shape index (κ1) is 8.63. The van der Waals surface area contributed by atoms with E-state index in [0.717, 1.165) is 29.2 Å². The highest BCUT2D eigenvalue weighted by Crippen LogP contribution is 2.34. The number of hydrogen-bond acceptors (Lipinski definition) is 3. The first-order valence-electron chi connectivity index (χ1n) is 4.23. The topological polar surface area (TPSA) is 26.0 Å². The summed E-state index contributed by atoms with van der Waals surface area (Å²) in [6.45, 7) is 5.74. The molecule has 0 aromatic carbocycles. The zero-order chi connectivity index (χ0) is 9.26. The van der Waals surface area contributed by atoms with Crippen molar-refractivity contribution in [2.24, 2.45) is 0 Å². The van der Waals surface area contributed by atoms with E-state index in [1.807, 2.05) is 24.8 Å². The lowest BCUT2D eigenvalue weighted by atomic mass is 10.2. The van der Waals surface area contributed by atoms with Crippen LogP contribution in [0.25, 0.3) is 10.5 Å². The van der Waals surface area contributed by atoms with Crippen LogP contribution in [-0.2, 0) is 0 Å². The van der Waals surface area contributed by atoms with E-state index in [4.69, 9.17) is 4.52 Å². The quantitative estimate of drug-likeness (QED) is 0.721. The van der Waals surface area contributed by atoms with Crippen molar-refractivity contribution in [1.29, 1.82) is 0 Å². The molecule has 3 heteroatoms. The lowest BCUT2D eigenvalue weighted by Gasteiger charge is -1.90. The largest absolute Gasteiger partial charge is 0.355 e. The van der Waals surface area contributed by atoms with Crippen molar-refractivity contribution in [1.82, 2.24) is 5.16 Å². The van der Waals surface area contributed by atoms with Gasteiger partial charge in [-0.25, -0.2) is 0 Å². The smallest absolute Gasteiger partial charge is 0.173 e. The van der Waals surface area contributed by atoms with Gasteiger partial charge in [-0.3, -0.25) is 0 Å². The molecule has 68 valence electrons. The van der Waals surface area contributed by atoms with E-state index in [1.54, 1.807) is 0 Å². The Hall–Kier alpha value is -0.960. The van der Waals surface area contributed by atoms with E-state index in [1.165, 1.54) is 4.91 Å². The van der Waals surface area contributed by atoms with Gasteiger partial charge in [0.2, 0.25) is 0 Å². The lowest BCUT2D eigenvalue weighted by molar-refractivity contribution is 0.410. The Morgan fingerprint density at radius 1 is 1.69 bits per heavy atom. The summed E-state index contributed by atoms with van der Waals surface area (Å²) in [5, 5.41) is 3.93. The second kappa shape index (κ2) is 3.42. The van der Waals surface area contributed by atoms with Crippen molar-refractivity contribution in [3.05, 3.63) is 30.2 Å². The van der Waals surface area contributed by atoms with Gasteiger partial charge in [-0.1, -0.05) is 17.8 Å². The number of hydrogen-bond donors (Lipinski definition) is 0. The molecule has 0 bridgehead atoms. The van der Waals surface area contributed by atoms with Crippen LogP contribution in [0.4, 0.5) is 0 Å². The molecule has 0 spiro atoms. The predicted octanol–water partition coefficient (Wildman–Crippen LogP) is 3.19. The van der Waals surface area contributed by atoms with Crippen LogP contribution in [0.1, 0.15) is 24.8 Å². The highest BCUT2D eigenvalue weighted by atomic mass is 32.2.